The number of rotatable bonds is 6. The Hall–Kier alpha value is -1.32. The minimum absolute atomic E-state index is 0.0449. The monoisotopic (exact) mass is 272 g/mol. The van der Waals surface area contributed by atoms with Crippen molar-refractivity contribution in [3.05, 3.63) is 0 Å². The van der Waals surface area contributed by atoms with E-state index in [0.717, 1.165) is 0 Å². The van der Waals surface area contributed by atoms with E-state index >= 15 is 0 Å². The minimum atomic E-state index is -0.737. The van der Waals surface area contributed by atoms with Gasteiger partial charge in [-0.3, -0.25) is 4.90 Å². The smallest absolute Gasteiger partial charge is 0.411 e. The van der Waals surface area contributed by atoms with Crippen molar-refractivity contribution in [3.8, 4) is 6.07 Å². The fourth-order valence-electron chi connectivity index (χ4n) is 1.13. The zero-order valence-electron chi connectivity index (χ0n) is 12.3. The van der Waals surface area contributed by atoms with Crippen LogP contribution >= 0.6 is 0 Å². The lowest BCUT2D eigenvalue weighted by atomic mass is 10.2. The molecule has 0 rings (SSSR count). The molecule has 0 aromatic carbocycles. The molecule has 2 atom stereocenters. The predicted molar refractivity (Wildman–Crippen MR) is 70.5 cm³/mol. The van der Waals surface area contributed by atoms with Crippen LogP contribution in [0.15, 0.2) is 0 Å². The molecule has 0 spiro atoms. The zero-order valence-corrected chi connectivity index (χ0v) is 12.3. The highest BCUT2D eigenvalue weighted by atomic mass is 16.6. The van der Waals surface area contributed by atoms with E-state index in [2.05, 4.69) is 0 Å². The van der Waals surface area contributed by atoms with Crippen LogP contribution in [0.5, 0.6) is 0 Å². The van der Waals surface area contributed by atoms with Crippen LogP contribution in [0.4, 0.5) is 4.79 Å². The fourth-order valence-corrected chi connectivity index (χ4v) is 1.13. The average molecular weight is 272 g/mol. The van der Waals surface area contributed by atoms with E-state index in [1.54, 1.807) is 20.8 Å². The molecule has 0 aliphatic carbocycles. The van der Waals surface area contributed by atoms with Crippen molar-refractivity contribution >= 4 is 6.09 Å². The van der Waals surface area contributed by atoms with Crippen LogP contribution in [-0.4, -0.2) is 54.1 Å². The lowest BCUT2D eigenvalue weighted by Crippen LogP contribution is -2.42. The van der Waals surface area contributed by atoms with Crippen molar-refractivity contribution in [3.63, 3.8) is 0 Å². The molecule has 0 bridgehead atoms. The molecular weight excluding hydrogens is 248 g/mol. The quantitative estimate of drug-likeness (QED) is 0.793. The summed E-state index contributed by atoms with van der Waals surface area (Å²) >= 11 is 0. The zero-order chi connectivity index (χ0) is 15.1. The predicted octanol–water partition coefficient (Wildman–Crippen LogP) is 1.53. The van der Waals surface area contributed by atoms with E-state index in [1.807, 2.05) is 13.0 Å². The number of ether oxygens (including phenoxy) is 2. The number of amides is 1. The lowest BCUT2D eigenvalue weighted by molar-refractivity contribution is 0.000878. The highest BCUT2D eigenvalue weighted by molar-refractivity contribution is 5.68. The Balaban J connectivity index is 4.29. The van der Waals surface area contributed by atoms with Gasteiger partial charge in [0.2, 0.25) is 0 Å². The van der Waals surface area contributed by atoms with E-state index in [1.165, 1.54) is 11.9 Å². The van der Waals surface area contributed by atoms with Gasteiger partial charge in [0, 0.05) is 7.05 Å². The standard InChI is InChI=1S/C13H24N2O4/c1-6-11(16)9-18-8-10(7-14)15(5)12(17)19-13(2,3)4/h10-11,16H,6,8-9H2,1-5H3/t10?,11-/m1/s1. The summed E-state index contributed by atoms with van der Waals surface area (Å²) in [6.45, 7) is 7.31. The third-order valence-corrected chi connectivity index (χ3v) is 2.36. The second-order valence-electron chi connectivity index (χ2n) is 5.34. The van der Waals surface area contributed by atoms with E-state index < -0.39 is 23.8 Å². The Morgan fingerprint density at radius 3 is 2.42 bits per heavy atom. The summed E-state index contributed by atoms with van der Waals surface area (Å²) in [5.41, 5.74) is -0.607. The Bertz CT molecular complexity index is 320. The first-order valence-electron chi connectivity index (χ1n) is 6.32. The molecule has 0 saturated heterocycles. The summed E-state index contributed by atoms with van der Waals surface area (Å²) in [6, 6.07) is 1.24. The number of carbonyl (C=O) groups excluding carboxylic acids is 1. The highest BCUT2D eigenvalue weighted by Crippen LogP contribution is 2.10. The van der Waals surface area contributed by atoms with Gasteiger partial charge in [-0.2, -0.15) is 5.26 Å². The molecule has 0 saturated carbocycles. The molecule has 6 nitrogen and oxygen atoms in total. The van der Waals surface area contributed by atoms with Crippen LogP contribution in [-0.2, 0) is 9.47 Å². The van der Waals surface area contributed by atoms with Crippen LogP contribution < -0.4 is 0 Å². The summed E-state index contributed by atoms with van der Waals surface area (Å²) in [5.74, 6) is 0. The van der Waals surface area contributed by atoms with Crippen molar-refractivity contribution in [2.45, 2.75) is 51.9 Å². The molecule has 1 N–H and O–H groups in total. The Kier molecular flexibility index (Phi) is 7.42. The maximum absolute atomic E-state index is 11.8. The second kappa shape index (κ2) is 7.97. The van der Waals surface area contributed by atoms with Gasteiger partial charge < -0.3 is 14.6 Å². The maximum atomic E-state index is 11.8. The van der Waals surface area contributed by atoms with Crippen molar-refractivity contribution < 1.29 is 19.4 Å². The summed E-state index contributed by atoms with van der Waals surface area (Å²) in [6.07, 6.45) is -0.538. The van der Waals surface area contributed by atoms with E-state index in [-0.39, 0.29) is 13.2 Å². The topological polar surface area (TPSA) is 82.8 Å². The number of likely N-dealkylation sites (N-methyl/N-ethyl adjacent to an activating group) is 1. The molecule has 0 aliphatic heterocycles. The fraction of sp³-hybridized carbons (Fsp3) is 0.846. The number of carbonyl (C=O) groups is 1. The van der Waals surface area contributed by atoms with Gasteiger partial charge in [-0.25, -0.2) is 4.79 Å². The molecule has 19 heavy (non-hydrogen) atoms. The third-order valence-electron chi connectivity index (χ3n) is 2.36. The normalized spacial score (nSPS) is 14.4. The molecule has 0 aliphatic rings. The largest absolute Gasteiger partial charge is 0.444 e. The Morgan fingerprint density at radius 2 is 2.00 bits per heavy atom. The number of aliphatic hydroxyl groups is 1. The van der Waals surface area contributed by atoms with Crippen molar-refractivity contribution in [1.29, 1.82) is 5.26 Å². The first-order chi connectivity index (χ1) is 8.71. The summed E-state index contributed by atoms with van der Waals surface area (Å²) in [7, 11) is 1.49. The van der Waals surface area contributed by atoms with E-state index in [4.69, 9.17) is 14.7 Å². The number of nitrogens with zero attached hydrogens (tertiary/aromatic N) is 2. The van der Waals surface area contributed by atoms with Crippen LogP contribution in [0.1, 0.15) is 34.1 Å². The number of nitriles is 1. The Morgan fingerprint density at radius 1 is 1.42 bits per heavy atom. The number of aliphatic hydroxyl groups excluding tert-OH is 1. The number of hydrogen-bond donors (Lipinski definition) is 1. The first kappa shape index (κ1) is 17.7. The van der Waals surface area contributed by atoms with Gasteiger partial charge in [-0.15, -0.1) is 0 Å². The molecule has 110 valence electrons. The SMILES string of the molecule is CC[C@@H](O)COCC(C#N)N(C)C(=O)OC(C)(C)C. The van der Waals surface area contributed by atoms with Gasteiger partial charge in [0.05, 0.1) is 25.4 Å². The van der Waals surface area contributed by atoms with Gasteiger partial charge in [-0.1, -0.05) is 6.92 Å². The Labute approximate surface area is 114 Å². The van der Waals surface area contributed by atoms with Crippen molar-refractivity contribution in [1.82, 2.24) is 4.90 Å². The highest BCUT2D eigenvalue weighted by Gasteiger charge is 2.25. The number of hydrogen-bond acceptors (Lipinski definition) is 5. The van der Waals surface area contributed by atoms with E-state index in [0.29, 0.717) is 6.42 Å². The van der Waals surface area contributed by atoms with Gasteiger partial charge >= 0.3 is 6.09 Å². The molecule has 6 heteroatoms. The molecule has 0 aromatic rings. The maximum Gasteiger partial charge on any atom is 0.411 e. The minimum Gasteiger partial charge on any atom is -0.444 e. The first-order valence-corrected chi connectivity index (χ1v) is 6.32. The summed E-state index contributed by atoms with van der Waals surface area (Å²) in [4.78, 5) is 13.0. The lowest BCUT2D eigenvalue weighted by Gasteiger charge is -2.27. The van der Waals surface area contributed by atoms with Gasteiger partial charge in [-0.05, 0) is 27.2 Å². The average Bonchev–Trinajstić information content (AvgIpc) is 2.31. The van der Waals surface area contributed by atoms with Crippen LogP contribution in [0, 0.1) is 11.3 Å². The van der Waals surface area contributed by atoms with Crippen LogP contribution in [0.25, 0.3) is 0 Å². The molecule has 1 amide bonds. The van der Waals surface area contributed by atoms with Crippen molar-refractivity contribution in [2.24, 2.45) is 0 Å². The second-order valence-corrected chi connectivity index (χ2v) is 5.34. The summed E-state index contributed by atoms with van der Waals surface area (Å²) in [5, 5.41) is 18.4. The molecule has 0 radical (unpaired) electrons. The molecule has 0 fully saturated rings. The molecule has 0 aromatic heterocycles. The molecular formula is C13H24N2O4. The summed E-state index contributed by atoms with van der Waals surface area (Å²) < 4.78 is 10.4. The van der Waals surface area contributed by atoms with Crippen molar-refractivity contribution in [2.75, 3.05) is 20.3 Å². The van der Waals surface area contributed by atoms with Gasteiger partial charge in [0.15, 0.2) is 0 Å². The van der Waals surface area contributed by atoms with Gasteiger partial charge in [0.25, 0.3) is 0 Å². The van der Waals surface area contributed by atoms with E-state index in [9.17, 15) is 9.90 Å². The van der Waals surface area contributed by atoms with Crippen LogP contribution in [0.3, 0.4) is 0 Å². The molecule has 0 heterocycles. The van der Waals surface area contributed by atoms with Crippen LogP contribution in [0.2, 0.25) is 0 Å². The molecule has 1 unspecified atom stereocenters. The third kappa shape index (κ3) is 7.65. The van der Waals surface area contributed by atoms with Gasteiger partial charge in [0.1, 0.15) is 11.6 Å².